The first-order chi connectivity index (χ1) is 20.7. The molecule has 3 aromatic rings. The van der Waals surface area contributed by atoms with Crippen LogP contribution in [0.15, 0.2) is 65.1 Å². The van der Waals surface area contributed by atoms with Gasteiger partial charge < -0.3 is 25.8 Å². The van der Waals surface area contributed by atoms with Gasteiger partial charge in [-0.1, -0.05) is 66.7 Å². The molecule has 0 unspecified atom stereocenters. The Balaban J connectivity index is 0.000000282. The second-order valence-electron chi connectivity index (χ2n) is 10.4. The predicted octanol–water partition coefficient (Wildman–Crippen LogP) is 9.08. The zero-order chi connectivity index (χ0) is 31.0. The number of carbonyl (C=O) groups is 2. The summed E-state index contributed by atoms with van der Waals surface area (Å²) in [5.74, 6) is -0.617. The summed E-state index contributed by atoms with van der Waals surface area (Å²) in [6.07, 6.45) is 8.58. The summed E-state index contributed by atoms with van der Waals surface area (Å²) in [7, 11) is 0. The lowest BCUT2D eigenvalue weighted by molar-refractivity contribution is -0.141. The summed E-state index contributed by atoms with van der Waals surface area (Å²) in [5, 5.41) is 7.97. The van der Waals surface area contributed by atoms with Crippen LogP contribution in [0.5, 0.6) is 0 Å². The number of nitrogen functional groups attached to an aromatic ring is 1. The van der Waals surface area contributed by atoms with Crippen LogP contribution in [0, 0.1) is 0 Å². The summed E-state index contributed by atoms with van der Waals surface area (Å²) < 4.78 is 11.0. The van der Waals surface area contributed by atoms with Crippen LogP contribution in [0.3, 0.4) is 0 Å². The Hall–Kier alpha value is -2.78. The smallest absolute Gasteiger partial charge is 0.338 e. The maximum absolute atomic E-state index is 12.4. The number of nitrogens with one attached hydrogen (secondary N) is 2. The summed E-state index contributed by atoms with van der Waals surface area (Å²) in [6.45, 7) is 2.79. The fourth-order valence-electron chi connectivity index (χ4n) is 4.63. The Morgan fingerprint density at radius 1 is 0.907 bits per heavy atom. The number of nitrogens with two attached hydrogens (primary N) is 1. The number of unbranched alkanes of at least 4 members (excludes halogenated alkanes) is 2. The molecule has 0 amide bonds. The molecule has 43 heavy (non-hydrogen) atoms. The van der Waals surface area contributed by atoms with Crippen LogP contribution in [0.2, 0.25) is 10.0 Å². The molecule has 0 radical (unpaired) electrons. The van der Waals surface area contributed by atoms with Crippen molar-refractivity contribution >= 4 is 68.1 Å². The average molecular weight is 694 g/mol. The van der Waals surface area contributed by atoms with Crippen molar-refractivity contribution in [1.82, 2.24) is 5.32 Å². The maximum Gasteiger partial charge on any atom is 0.338 e. The summed E-state index contributed by atoms with van der Waals surface area (Å²) in [6, 6.07) is 19.3. The van der Waals surface area contributed by atoms with E-state index in [-0.39, 0.29) is 11.9 Å². The number of rotatable bonds is 12. The number of benzene rings is 3. The maximum atomic E-state index is 12.4. The van der Waals surface area contributed by atoms with E-state index in [0.717, 1.165) is 36.2 Å². The van der Waals surface area contributed by atoms with Gasteiger partial charge in [-0.3, -0.25) is 4.79 Å². The van der Waals surface area contributed by atoms with E-state index in [1.807, 2.05) is 42.5 Å². The molecule has 1 fully saturated rings. The fourth-order valence-corrected chi connectivity index (χ4v) is 5.62. The zero-order valence-corrected chi connectivity index (χ0v) is 27.6. The number of anilines is 3. The first kappa shape index (κ1) is 34.7. The molecule has 0 aromatic heterocycles. The van der Waals surface area contributed by atoms with Crippen LogP contribution in [0.4, 0.5) is 17.1 Å². The largest absolute Gasteiger partial charge is 0.466 e. The van der Waals surface area contributed by atoms with Gasteiger partial charge in [-0.25, -0.2) is 4.79 Å². The lowest BCUT2D eigenvalue weighted by Gasteiger charge is -2.23. The third kappa shape index (κ3) is 12.4. The molecule has 4 N–H and O–H groups in total. The van der Waals surface area contributed by atoms with Crippen molar-refractivity contribution in [3.05, 3.63) is 86.3 Å². The molecule has 4 rings (SSSR count). The van der Waals surface area contributed by atoms with Gasteiger partial charge in [0.1, 0.15) is 0 Å². The van der Waals surface area contributed by atoms with E-state index in [2.05, 4.69) is 26.6 Å². The summed E-state index contributed by atoms with van der Waals surface area (Å²) in [5.41, 5.74) is 9.96. The quantitative estimate of drug-likeness (QED) is 0.0989. The van der Waals surface area contributed by atoms with Crippen LogP contribution in [-0.2, 0) is 20.8 Å². The molecule has 232 valence electrons. The van der Waals surface area contributed by atoms with E-state index in [0.29, 0.717) is 51.6 Å². The molecule has 1 aliphatic rings. The van der Waals surface area contributed by atoms with Gasteiger partial charge in [-0.15, -0.1) is 0 Å². The van der Waals surface area contributed by atoms with Crippen molar-refractivity contribution in [2.45, 2.75) is 70.9 Å². The molecule has 0 heterocycles. The molecule has 0 aliphatic heterocycles. The van der Waals surface area contributed by atoms with E-state index in [1.165, 1.54) is 39.0 Å². The Bertz CT molecular complexity index is 1300. The average Bonchev–Trinajstić information content (AvgIpc) is 3.00. The van der Waals surface area contributed by atoms with E-state index in [1.54, 1.807) is 18.2 Å². The normalized spacial score (nSPS) is 13.0. The number of para-hydroxylation sites is 2. The van der Waals surface area contributed by atoms with E-state index < -0.39 is 0 Å². The van der Waals surface area contributed by atoms with Crippen molar-refractivity contribution < 1.29 is 19.1 Å². The molecule has 7 nitrogen and oxygen atoms in total. The van der Waals surface area contributed by atoms with Gasteiger partial charge in [0.15, 0.2) is 0 Å². The minimum atomic E-state index is -0.348. The highest BCUT2D eigenvalue weighted by Crippen LogP contribution is 2.32. The lowest BCUT2D eigenvalue weighted by Crippen LogP contribution is -2.30. The minimum absolute atomic E-state index is 0.269. The van der Waals surface area contributed by atoms with Gasteiger partial charge in [0.05, 0.1) is 40.2 Å². The van der Waals surface area contributed by atoms with E-state index in [9.17, 15) is 9.59 Å². The zero-order valence-electron chi connectivity index (χ0n) is 24.5. The van der Waals surface area contributed by atoms with Gasteiger partial charge in [-0.2, -0.15) is 0 Å². The molecular formula is C33H40BrCl2N3O4. The topological polar surface area (TPSA) is 103 Å². The minimum Gasteiger partial charge on any atom is -0.466 e. The number of carbonyl (C=O) groups excluding carboxylic acids is 2. The molecular weight excluding hydrogens is 653 g/mol. The standard InChI is InChI=1S/C21H31BrN2O4.C12H9Cl2N/c1-15(25)27-10-6-3-7-11-28-21(26)16-12-17(20(23)19(22)13-16)14-24-18-8-4-2-5-9-18;13-10-7-4-8-11(14)12(10)15-9-5-2-1-3-6-9/h12-13,18,24H,2-11,14,23H2,1H3;1-8,15H. The number of hydrogen-bond donors (Lipinski definition) is 3. The van der Waals surface area contributed by atoms with Gasteiger partial charge in [0.2, 0.25) is 0 Å². The number of ether oxygens (including phenoxy) is 2. The summed E-state index contributed by atoms with van der Waals surface area (Å²) in [4.78, 5) is 23.1. The van der Waals surface area contributed by atoms with E-state index >= 15 is 0 Å². The van der Waals surface area contributed by atoms with Crippen LogP contribution >= 0.6 is 39.1 Å². The molecule has 0 spiro atoms. The fraction of sp³-hybridized carbons (Fsp3) is 0.394. The van der Waals surface area contributed by atoms with Gasteiger partial charge >= 0.3 is 11.9 Å². The molecule has 0 bridgehead atoms. The van der Waals surface area contributed by atoms with Crippen molar-refractivity contribution in [1.29, 1.82) is 0 Å². The van der Waals surface area contributed by atoms with Crippen molar-refractivity contribution in [2.24, 2.45) is 0 Å². The Labute approximate surface area is 272 Å². The first-order valence-corrected chi connectivity index (χ1v) is 16.2. The Kier molecular flexibility index (Phi) is 15.2. The van der Waals surface area contributed by atoms with Crippen LogP contribution < -0.4 is 16.4 Å². The van der Waals surface area contributed by atoms with Crippen LogP contribution in [-0.4, -0.2) is 31.2 Å². The number of esters is 2. The van der Waals surface area contributed by atoms with Gasteiger partial charge in [-0.05, 0) is 90.0 Å². The molecule has 0 atom stereocenters. The van der Waals surface area contributed by atoms with E-state index in [4.69, 9.17) is 38.4 Å². The van der Waals surface area contributed by atoms with Crippen LogP contribution in [0.1, 0.15) is 74.2 Å². The highest BCUT2D eigenvalue weighted by molar-refractivity contribution is 9.10. The highest BCUT2D eigenvalue weighted by atomic mass is 79.9. The highest BCUT2D eigenvalue weighted by Gasteiger charge is 2.16. The third-order valence-corrected chi connectivity index (χ3v) is 8.26. The number of hydrogen-bond acceptors (Lipinski definition) is 7. The van der Waals surface area contributed by atoms with Gasteiger partial charge in [0.25, 0.3) is 0 Å². The Morgan fingerprint density at radius 2 is 1.56 bits per heavy atom. The van der Waals surface area contributed by atoms with Crippen LogP contribution in [0.25, 0.3) is 0 Å². The molecule has 1 saturated carbocycles. The lowest BCUT2D eigenvalue weighted by atomic mass is 9.95. The second kappa shape index (κ2) is 18.8. The van der Waals surface area contributed by atoms with Crippen molar-refractivity contribution in [3.8, 4) is 0 Å². The third-order valence-electron chi connectivity index (χ3n) is 6.97. The molecule has 0 saturated heterocycles. The van der Waals surface area contributed by atoms with Gasteiger partial charge in [0, 0.05) is 29.7 Å². The predicted molar refractivity (Wildman–Crippen MR) is 179 cm³/mol. The molecule has 10 heteroatoms. The molecule has 1 aliphatic carbocycles. The first-order valence-electron chi connectivity index (χ1n) is 14.6. The second-order valence-corrected chi connectivity index (χ2v) is 12.0. The monoisotopic (exact) mass is 691 g/mol. The van der Waals surface area contributed by atoms with Crippen molar-refractivity contribution in [2.75, 3.05) is 24.3 Å². The number of halogens is 3. The Morgan fingerprint density at radius 3 is 2.21 bits per heavy atom. The van der Waals surface area contributed by atoms with Crippen molar-refractivity contribution in [3.63, 3.8) is 0 Å². The molecule has 3 aromatic carbocycles. The summed E-state index contributed by atoms with van der Waals surface area (Å²) >= 11 is 15.5. The SMILES string of the molecule is CC(=O)OCCCCCOC(=O)c1cc(Br)c(N)c(CNC2CCCCC2)c1.Clc1cccc(Cl)c1Nc1ccccc1.